The first kappa shape index (κ1) is 13.0. The maximum Gasteiger partial charge on any atom is 0.248 e. The molecule has 0 aliphatic rings. The zero-order chi connectivity index (χ0) is 13.7. The molecule has 96 valence electrons. The lowest BCUT2D eigenvalue weighted by atomic mass is 10.2. The lowest BCUT2D eigenvalue weighted by molar-refractivity contribution is -0.111. The Bertz CT molecular complexity index is 609. The molecule has 0 spiro atoms. The Kier molecular flexibility index (Phi) is 4.03. The van der Waals surface area contributed by atoms with E-state index in [0.29, 0.717) is 0 Å². The third-order valence-corrected chi connectivity index (χ3v) is 2.41. The van der Waals surface area contributed by atoms with E-state index < -0.39 is 17.5 Å². The highest BCUT2D eigenvalue weighted by Gasteiger charge is 2.05. The Morgan fingerprint density at radius 2 is 1.79 bits per heavy atom. The molecule has 0 heterocycles. The number of carbonyl (C=O) groups is 1. The maximum absolute atomic E-state index is 13.3. The van der Waals surface area contributed by atoms with Gasteiger partial charge in [-0.1, -0.05) is 30.3 Å². The number of hydrogen-bond donors (Lipinski definition) is 1. The fraction of sp³-hybridized carbons (Fsp3) is 0. The van der Waals surface area contributed by atoms with Gasteiger partial charge in [-0.25, -0.2) is 8.78 Å². The van der Waals surface area contributed by atoms with Gasteiger partial charge in [0.05, 0.1) is 5.69 Å². The van der Waals surface area contributed by atoms with Crippen LogP contribution in [0.5, 0.6) is 0 Å². The van der Waals surface area contributed by atoms with Crippen LogP contribution in [-0.2, 0) is 4.79 Å². The zero-order valence-corrected chi connectivity index (χ0v) is 9.94. The summed E-state index contributed by atoms with van der Waals surface area (Å²) in [6.07, 6.45) is 2.85. The summed E-state index contributed by atoms with van der Waals surface area (Å²) in [5.41, 5.74) is 0.667. The average molecular weight is 259 g/mol. The van der Waals surface area contributed by atoms with Gasteiger partial charge in [-0.15, -0.1) is 0 Å². The Balaban J connectivity index is 2.06. The van der Waals surface area contributed by atoms with E-state index in [1.807, 2.05) is 30.3 Å². The molecule has 4 heteroatoms. The van der Waals surface area contributed by atoms with E-state index in [4.69, 9.17) is 0 Å². The fourth-order valence-corrected chi connectivity index (χ4v) is 1.50. The highest BCUT2D eigenvalue weighted by atomic mass is 19.1. The summed E-state index contributed by atoms with van der Waals surface area (Å²) in [4.78, 5) is 11.6. The van der Waals surface area contributed by atoms with E-state index in [-0.39, 0.29) is 5.69 Å². The van der Waals surface area contributed by atoms with Crippen LogP contribution >= 0.6 is 0 Å². The number of hydrogen-bond acceptors (Lipinski definition) is 1. The number of amides is 1. The Labute approximate surface area is 109 Å². The van der Waals surface area contributed by atoms with Gasteiger partial charge in [0.15, 0.2) is 0 Å². The summed E-state index contributed by atoms with van der Waals surface area (Å²) in [7, 11) is 0. The van der Waals surface area contributed by atoms with Crippen molar-refractivity contribution in [3.8, 4) is 0 Å². The maximum atomic E-state index is 13.3. The molecular weight excluding hydrogens is 248 g/mol. The first-order valence-corrected chi connectivity index (χ1v) is 5.64. The van der Waals surface area contributed by atoms with Gasteiger partial charge in [0, 0.05) is 12.1 Å². The highest BCUT2D eigenvalue weighted by molar-refractivity contribution is 6.01. The van der Waals surface area contributed by atoms with Crippen molar-refractivity contribution in [1.82, 2.24) is 0 Å². The summed E-state index contributed by atoms with van der Waals surface area (Å²) in [5.74, 6) is -1.81. The molecule has 0 saturated heterocycles. The molecule has 2 rings (SSSR count). The third-order valence-electron chi connectivity index (χ3n) is 2.41. The minimum atomic E-state index is -0.678. The van der Waals surface area contributed by atoms with Crippen LogP contribution in [0.4, 0.5) is 14.5 Å². The molecule has 2 aromatic rings. The van der Waals surface area contributed by atoms with Crippen LogP contribution in [0.25, 0.3) is 6.08 Å². The van der Waals surface area contributed by atoms with Crippen molar-refractivity contribution >= 4 is 17.7 Å². The van der Waals surface area contributed by atoms with Crippen molar-refractivity contribution < 1.29 is 13.6 Å². The summed E-state index contributed by atoms with van der Waals surface area (Å²) in [5, 5.41) is 2.28. The molecule has 1 amide bonds. The lowest BCUT2D eigenvalue weighted by Crippen LogP contribution is -2.09. The summed E-state index contributed by atoms with van der Waals surface area (Å²) in [6, 6.07) is 12.1. The molecule has 0 atom stereocenters. The number of rotatable bonds is 3. The minimum Gasteiger partial charge on any atom is -0.320 e. The van der Waals surface area contributed by atoms with Gasteiger partial charge in [-0.05, 0) is 23.8 Å². The summed E-state index contributed by atoms with van der Waals surface area (Å²) in [6.45, 7) is 0. The highest BCUT2D eigenvalue weighted by Crippen LogP contribution is 2.15. The van der Waals surface area contributed by atoms with Gasteiger partial charge >= 0.3 is 0 Å². The SMILES string of the molecule is O=C(/C=C/c1ccccc1)Nc1cc(F)ccc1F. The van der Waals surface area contributed by atoms with Gasteiger partial charge < -0.3 is 5.32 Å². The molecule has 19 heavy (non-hydrogen) atoms. The third kappa shape index (κ3) is 3.74. The average Bonchev–Trinajstić information content (AvgIpc) is 2.42. The van der Waals surface area contributed by atoms with Gasteiger partial charge in [0.25, 0.3) is 0 Å². The van der Waals surface area contributed by atoms with Crippen molar-refractivity contribution in [2.45, 2.75) is 0 Å². The molecule has 0 aliphatic carbocycles. The monoisotopic (exact) mass is 259 g/mol. The van der Waals surface area contributed by atoms with Crippen LogP contribution in [0.15, 0.2) is 54.6 Å². The van der Waals surface area contributed by atoms with E-state index in [2.05, 4.69) is 5.32 Å². The summed E-state index contributed by atoms with van der Waals surface area (Å²) >= 11 is 0. The number of carbonyl (C=O) groups excluding carboxylic acids is 1. The molecule has 0 aliphatic heterocycles. The van der Waals surface area contributed by atoms with Crippen molar-refractivity contribution in [3.63, 3.8) is 0 Å². The van der Waals surface area contributed by atoms with Gasteiger partial charge in [-0.3, -0.25) is 4.79 Å². The van der Waals surface area contributed by atoms with E-state index in [0.717, 1.165) is 23.8 Å². The van der Waals surface area contributed by atoms with Crippen molar-refractivity contribution in [1.29, 1.82) is 0 Å². The quantitative estimate of drug-likeness (QED) is 0.838. The molecular formula is C15H11F2NO. The van der Waals surface area contributed by atoms with Crippen molar-refractivity contribution in [2.24, 2.45) is 0 Å². The lowest BCUT2D eigenvalue weighted by Gasteiger charge is -2.03. The van der Waals surface area contributed by atoms with E-state index in [9.17, 15) is 13.6 Å². The van der Waals surface area contributed by atoms with E-state index in [1.54, 1.807) is 6.08 Å². The molecule has 2 nitrogen and oxygen atoms in total. The van der Waals surface area contributed by atoms with Gasteiger partial charge in [0.1, 0.15) is 11.6 Å². The smallest absolute Gasteiger partial charge is 0.248 e. The molecule has 0 radical (unpaired) electrons. The first-order chi connectivity index (χ1) is 9.15. The van der Waals surface area contributed by atoms with Crippen LogP contribution < -0.4 is 5.32 Å². The minimum absolute atomic E-state index is 0.178. The Morgan fingerprint density at radius 1 is 1.05 bits per heavy atom. The van der Waals surface area contributed by atoms with Crippen LogP contribution in [0.1, 0.15) is 5.56 Å². The van der Waals surface area contributed by atoms with E-state index >= 15 is 0 Å². The molecule has 1 N–H and O–H groups in total. The molecule has 0 aromatic heterocycles. The fourth-order valence-electron chi connectivity index (χ4n) is 1.50. The number of benzene rings is 2. The predicted octanol–water partition coefficient (Wildman–Crippen LogP) is 3.62. The van der Waals surface area contributed by atoms with Crippen LogP contribution in [0.2, 0.25) is 0 Å². The molecule has 0 unspecified atom stereocenters. The van der Waals surface area contributed by atoms with Crippen LogP contribution in [-0.4, -0.2) is 5.91 Å². The number of nitrogens with one attached hydrogen (secondary N) is 1. The van der Waals surface area contributed by atoms with Gasteiger partial charge in [-0.2, -0.15) is 0 Å². The molecule has 2 aromatic carbocycles. The zero-order valence-electron chi connectivity index (χ0n) is 9.94. The van der Waals surface area contributed by atoms with Crippen LogP contribution in [0, 0.1) is 11.6 Å². The number of halogens is 2. The van der Waals surface area contributed by atoms with Crippen molar-refractivity contribution in [3.05, 3.63) is 71.8 Å². The number of anilines is 1. The topological polar surface area (TPSA) is 29.1 Å². The van der Waals surface area contributed by atoms with Crippen LogP contribution in [0.3, 0.4) is 0 Å². The van der Waals surface area contributed by atoms with E-state index in [1.165, 1.54) is 6.08 Å². The Morgan fingerprint density at radius 3 is 2.53 bits per heavy atom. The Hall–Kier alpha value is -2.49. The molecule has 0 fully saturated rings. The molecule has 0 bridgehead atoms. The second-order valence-electron chi connectivity index (χ2n) is 3.86. The van der Waals surface area contributed by atoms with Gasteiger partial charge in [0.2, 0.25) is 5.91 Å². The van der Waals surface area contributed by atoms with Crippen molar-refractivity contribution in [2.75, 3.05) is 5.32 Å². The second kappa shape index (κ2) is 5.91. The largest absolute Gasteiger partial charge is 0.320 e. The normalized spacial score (nSPS) is 10.6. The standard InChI is InChI=1S/C15H11F2NO/c16-12-7-8-13(17)14(10-12)18-15(19)9-6-11-4-2-1-3-5-11/h1-10H,(H,18,19)/b9-6+. The first-order valence-electron chi connectivity index (χ1n) is 5.64. The summed E-state index contributed by atoms with van der Waals surface area (Å²) < 4.78 is 26.2. The predicted molar refractivity (Wildman–Crippen MR) is 70.5 cm³/mol. The second-order valence-corrected chi connectivity index (χ2v) is 3.86. The molecule has 0 saturated carbocycles.